The number of hydrogen-bond donors (Lipinski definition) is 1. The molecule has 0 saturated heterocycles. The molecule has 2 aromatic carbocycles. The zero-order chi connectivity index (χ0) is 21.5. The van der Waals surface area contributed by atoms with Gasteiger partial charge in [-0.15, -0.1) is 10.2 Å². The molecule has 6 rings (SSSR count). The number of nitrogens with zero attached hydrogens (tertiary/aromatic N) is 5. The Morgan fingerprint density at radius 1 is 1.12 bits per heavy atom. The molecule has 0 amide bonds. The van der Waals surface area contributed by atoms with Crippen LogP contribution < -0.4 is 14.2 Å². The van der Waals surface area contributed by atoms with Crippen molar-refractivity contribution in [1.29, 1.82) is 0 Å². The molecule has 0 radical (unpaired) electrons. The van der Waals surface area contributed by atoms with Gasteiger partial charge in [0.1, 0.15) is 29.2 Å². The molecule has 3 aromatic heterocycles. The number of nitrogens with one attached hydrogen (secondary N) is 1. The smallest absolute Gasteiger partial charge is 0.235 e. The van der Waals surface area contributed by atoms with Gasteiger partial charge in [0, 0.05) is 12.0 Å². The molecule has 0 fully saturated rings. The van der Waals surface area contributed by atoms with E-state index in [0.717, 1.165) is 39.2 Å². The number of benzene rings is 2. The van der Waals surface area contributed by atoms with Gasteiger partial charge in [0.25, 0.3) is 0 Å². The standard InChI is InChI=1S/C22H18N6O3S/c1-29-14-8-6-13(7-9-14)16-11-17(24-23-16)21-25-26-22-28(21)27-20(32-22)10-15-12-30-18-4-2-3-5-19(18)31-15/h2-9,11,15H,10,12H2,1H3,(H,23,24). The lowest BCUT2D eigenvalue weighted by molar-refractivity contribution is 0.0911. The molecule has 1 N–H and O–H groups in total. The van der Waals surface area contributed by atoms with E-state index in [9.17, 15) is 0 Å². The van der Waals surface area contributed by atoms with Crippen LogP contribution in [0.3, 0.4) is 0 Å². The van der Waals surface area contributed by atoms with Crippen LogP contribution in [0.15, 0.2) is 54.6 Å². The fourth-order valence-corrected chi connectivity index (χ4v) is 4.51. The van der Waals surface area contributed by atoms with Gasteiger partial charge in [-0.05, 0) is 42.5 Å². The van der Waals surface area contributed by atoms with Crippen LogP contribution in [0, 0.1) is 0 Å². The average molecular weight is 446 g/mol. The molecule has 0 spiro atoms. The monoisotopic (exact) mass is 446 g/mol. The molecule has 0 aliphatic carbocycles. The summed E-state index contributed by atoms with van der Waals surface area (Å²) < 4.78 is 18.8. The topological polar surface area (TPSA) is 99.5 Å². The lowest BCUT2D eigenvalue weighted by Crippen LogP contribution is -2.31. The highest BCUT2D eigenvalue weighted by Gasteiger charge is 2.24. The third-order valence-electron chi connectivity index (χ3n) is 5.21. The number of fused-ring (bicyclic) bond motifs is 2. The van der Waals surface area contributed by atoms with Crippen molar-refractivity contribution in [3.05, 3.63) is 59.6 Å². The minimum atomic E-state index is -0.106. The maximum atomic E-state index is 6.06. The number of para-hydroxylation sites is 2. The molecule has 1 atom stereocenters. The number of methoxy groups -OCH3 is 1. The second-order valence-corrected chi connectivity index (χ2v) is 8.35. The highest BCUT2D eigenvalue weighted by Crippen LogP contribution is 2.32. The molecule has 160 valence electrons. The maximum absolute atomic E-state index is 6.06. The van der Waals surface area contributed by atoms with E-state index in [1.54, 1.807) is 11.6 Å². The van der Waals surface area contributed by atoms with E-state index in [2.05, 4.69) is 20.4 Å². The van der Waals surface area contributed by atoms with E-state index in [0.29, 0.717) is 23.8 Å². The number of aromatic amines is 1. The van der Waals surface area contributed by atoms with Crippen molar-refractivity contribution in [2.45, 2.75) is 12.5 Å². The third-order valence-corrected chi connectivity index (χ3v) is 6.13. The summed E-state index contributed by atoms with van der Waals surface area (Å²) in [5, 5.41) is 21.7. The third kappa shape index (κ3) is 3.34. The van der Waals surface area contributed by atoms with Gasteiger partial charge in [-0.2, -0.15) is 14.7 Å². The second kappa shape index (κ2) is 7.65. The summed E-state index contributed by atoms with van der Waals surface area (Å²) in [6.45, 7) is 0.482. The molecule has 1 aliphatic heterocycles. The van der Waals surface area contributed by atoms with E-state index in [4.69, 9.17) is 19.3 Å². The first-order chi connectivity index (χ1) is 15.8. The zero-order valence-electron chi connectivity index (χ0n) is 17.1. The van der Waals surface area contributed by atoms with Crippen LogP contribution in [0.25, 0.3) is 27.7 Å². The van der Waals surface area contributed by atoms with Crippen molar-refractivity contribution in [2.24, 2.45) is 0 Å². The Labute approximate surface area is 186 Å². The van der Waals surface area contributed by atoms with Crippen molar-refractivity contribution >= 4 is 16.3 Å². The molecule has 4 heterocycles. The van der Waals surface area contributed by atoms with Crippen molar-refractivity contribution in [3.8, 4) is 40.0 Å². The first kappa shape index (κ1) is 18.8. The largest absolute Gasteiger partial charge is 0.497 e. The second-order valence-electron chi connectivity index (χ2n) is 7.31. The molecule has 5 aromatic rings. The van der Waals surface area contributed by atoms with E-state index < -0.39 is 0 Å². The predicted octanol–water partition coefficient (Wildman–Crippen LogP) is 3.63. The molecule has 9 nitrogen and oxygen atoms in total. The summed E-state index contributed by atoms with van der Waals surface area (Å²) in [5.74, 6) is 2.95. The molecule has 1 unspecified atom stereocenters. The van der Waals surface area contributed by atoms with E-state index >= 15 is 0 Å². The van der Waals surface area contributed by atoms with Crippen LogP contribution in [-0.2, 0) is 6.42 Å². The Morgan fingerprint density at radius 2 is 1.97 bits per heavy atom. The van der Waals surface area contributed by atoms with Crippen LogP contribution in [-0.4, -0.2) is 49.8 Å². The van der Waals surface area contributed by atoms with Crippen LogP contribution in [0.1, 0.15) is 5.01 Å². The van der Waals surface area contributed by atoms with Crippen LogP contribution in [0.5, 0.6) is 17.2 Å². The van der Waals surface area contributed by atoms with E-state index in [1.165, 1.54) is 11.3 Å². The van der Waals surface area contributed by atoms with Crippen LogP contribution >= 0.6 is 11.3 Å². The molecule has 32 heavy (non-hydrogen) atoms. The average Bonchev–Trinajstić information content (AvgIpc) is 3.55. The van der Waals surface area contributed by atoms with Gasteiger partial charge in [-0.25, -0.2) is 0 Å². The SMILES string of the molecule is COc1ccc(-c2cc(-c3nnc4sc(CC5COc6ccccc6O5)nn34)[nH]n2)cc1. The lowest BCUT2D eigenvalue weighted by atomic mass is 10.1. The first-order valence-corrected chi connectivity index (χ1v) is 10.9. The van der Waals surface area contributed by atoms with Crippen molar-refractivity contribution in [1.82, 2.24) is 30.0 Å². The summed E-state index contributed by atoms with van der Waals surface area (Å²) in [7, 11) is 1.65. The normalized spacial score (nSPS) is 15.2. The van der Waals surface area contributed by atoms with Crippen molar-refractivity contribution in [3.63, 3.8) is 0 Å². The highest BCUT2D eigenvalue weighted by molar-refractivity contribution is 7.16. The van der Waals surface area contributed by atoms with E-state index in [1.807, 2.05) is 54.6 Å². The number of H-pyrrole nitrogens is 1. The van der Waals surface area contributed by atoms with Crippen molar-refractivity contribution < 1.29 is 14.2 Å². The Bertz CT molecular complexity index is 1390. The summed E-state index contributed by atoms with van der Waals surface area (Å²) in [6, 6.07) is 17.4. The van der Waals surface area contributed by atoms with Gasteiger partial charge in [0.15, 0.2) is 11.5 Å². The Morgan fingerprint density at radius 3 is 2.81 bits per heavy atom. The van der Waals surface area contributed by atoms with Gasteiger partial charge >= 0.3 is 0 Å². The zero-order valence-corrected chi connectivity index (χ0v) is 17.9. The Hall–Kier alpha value is -3.92. The molecule has 0 bridgehead atoms. The summed E-state index contributed by atoms with van der Waals surface area (Å²) in [6.07, 6.45) is 0.521. The minimum Gasteiger partial charge on any atom is -0.497 e. The van der Waals surface area contributed by atoms with Gasteiger partial charge < -0.3 is 14.2 Å². The molecule has 0 saturated carbocycles. The highest BCUT2D eigenvalue weighted by atomic mass is 32.1. The fraction of sp³-hybridized carbons (Fsp3) is 0.182. The number of ether oxygens (including phenoxy) is 3. The van der Waals surface area contributed by atoms with Gasteiger partial charge in [-0.1, -0.05) is 23.5 Å². The Balaban J connectivity index is 1.23. The molecule has 10 heteroatoms. The quantitative estimate of drug-likeness (QED) is 0.440. The van der Waals surface area contributed by atoms with Gasteiger partial charge in [0.2, 0.25) is 10.8 Å². The van der Waals surface area contributed by atoms with Gasteiger partial charge in [0.05, 0.1) is 12.8 Å². The minimum absolute atomic E-state index is 0.106. The number of aromatic nitrogens is 6. The predicted molar refractivity (Wildman–Crippen MR) is 118 cm³/mol. The van der Waals surface area contributed by atoms with Crippen LogP contribution in [0.2, 0.25) is 0 Å². The Kier molecular flexibility index (Phi) is 4.50. The van der Waals surface area contributed by atoms with Gasteiger partial charge in [-0.3, -0.25) is 5.10 Å². The van der Waals surface area contributed by atoms with E-state index in [-0.39, 0.29) is 6.10 Å². The molecular formula is C22H18N6O3S. The summed E-state index contributed by atoms with van der Waals surface area (Å²) >= 11 is 1.49. The first-order valence-electron chi connectivity index (χ1n) is 10.1. The fourth-order valence-electron chi connectivity index (χ4n) is 3.61. The molecule has 1 aliphatic rings. The summed E-state index contributed by atoms with van der Waals surface area (Å²) in [5.41, 5.74) is 2.52. The maximum Gasteiger partial charge on any atom is 0.235 e. The summed E-state index contributed by atoms with van der Waals surface area (Å²) in [4.78, 5) is 0.715. The number of hydrogen-bond acceptors (Lipinski definition) is 8. The lowest BCUT2D eigenvalue weighted by Gasteiger charge is -2.25. The van der Waals surface area contributed by atoms with Crippen molar-refractivity contribution in [2.75, 3.05) is 13.7 Å². The number of rotatable bonds is 5. The molecular weight excluding hydrogens is 428 g/mol. The van der Waals surface area contributed by atoms with Crippen LogP contribution in [0.4, 0.5) is 0 Å².